The van der Waals surface area contributed by atoms with Crippen LogP contribution in [0.2, 0.25) is 0 Å². The first kappa shape index (κ1) is 11.7. The molecule has 0 aliphatic heterocycles. The van der Waals surface area contributed by atoms with Gasteiger partial charge in [0.2, 0.25) is 5.60 Å². The number of rotatable bonds is 3. The summed E-state index contributed by atoms with van der Waals surface area (Å²) in [6.45, 7) is 0. The Labute approximate surface area is 98.0 Å². The number of carboxylic acids is 1. The Bertz CT molecular complexity index is 326. The third-order valence-corrected chi connectivity index (χ3v) is 3.18. The summed E-state index contributed by atoms with van der Waals surface area (Å²) in [5.41, 5.74) is -1.63. The Balaban J connectivity index is 3.20. The van der Waals surface area contributed by atoms with Crippen molar-refractivity contribution in [1.82, 2.24) is 0 Å². The molecule has 1 aromatic carbocycles. The number of aliphatic carboxylic acids is 1. The maximum Gasteiger partial charge on any atom is 0.342 e. The second-order valence-corrected chi connectivity index (χ2v) is 5.80. The van der Waals surface area contributed by atoms with Crippen molar-refractivity contribution in [3.63, 3.8) is 0 Å². The smallest absolute Gasteiger partial charge is 0.342 e. The third-order valence-electron chi connectivity index (χ3n) is 1.86. The molecular formula is C9H8Br2O3. The quantitative estimate of drug-likeness (QED) is 0.837. The van der Waals surface area contributed by atoms with E-state index in [0.29, 0.717) is 5.56 Å². The first-order valence-corrected chi connectivity index (χ1v) is 5.62. The second kappa shape index (κ2) is 4.42. The van der Waals surface area contributed by atoms with E-state index in [1.54, 1.807) is 30.3 Å². The molecule has 0 saturated carbocycles. The van der Waals surface area contributed by atoms with Gasteiger partial charge in [-0.05, 0) is 5.56 Å². The normalized spacial score (nSPS) is 15.1. The highest BCUT2D eigenvalue weighted by atomic mass is 79.9. The molecule has 76 valence electrons. The van der Waals surface area contributed by atoms with Gasteiger partial charge in [0.15, 0.2) is 0 Å². The summed E-state index contributed by atoms with van der Waals surface area (Å²) >= 11 is 6.04. The van der Waals surface area contributed by atoms with E-state index in [1.165, 1.54) is 0 Å². The zero-order valence-electron chi connectivity index (χ0n) is 7.02. The molecule has 0 saturated heterocycles. The van der Waals surface area contributed by atoms with Crippen LogP contribution in [0.25, 0.3) is 0 Å². The van der Waals surface area contributed by atoms with Crippen molar-refractivity contribution in [1.29, 1.82) is 0 Å². The van der Waals surface area contributed by atoms with E-state index in [4.69, 9.17) is 5.11 Å². The minimum atomic E-state index is -1.96. The van der Waals surface area contributed by atoms with E-state index in [1.807, 2.05) is 0 Å². The van der Waals surface area contributed by atoms with Gasteiger partial charge in [-0.2, -0.15) is 0 Å². The molecule has 5 heteroatoms. The molecule has 1 atom stereocenters. The molecule has 1 rings (SSSR count). The number of carbonyl (C=O) groups is 1. The minimum Gasteiger partial charge on any atom is -0.479 e. The average Bonchev–Trinajstić information content (AvgIpc) is 2.17. The number of hydrogen-bond acceptors (Lipinski definition) is 2. The summed E-state index contributed by atoms with van der Waals surface area (Å²) in [6.07, 6.45) is 0. The van der Waals surface area contributed by atoms with Crippen LogP contribution >= 0.6 is 31.9 Å². The Kier molecular flexibility index (Phi) is 3.69. The van der Waals surface area contributed by atoms with Crippen LogP contribution in [0.15, 0.2) is 30.3 Å². The number of halogens is 2. The molecule has 0 spiro atoms. The lowest BCUT2D eigenvalue weighted by atomic mass is 9.96. The molecule has 1 unspecified atom stereocenters. The average molecular weight is 324 g/mol. The highest BCUT2D eigenvalue weighted by molar-refractivity contribution is 9.24. The van der Waals surface area contributed by atoms with E-state index in [-0.39, 0.29) is 0 Å². The van der Waals surface area contributed by atoms with Gasteiger partial charge in [0, 0.05) is 0 Å². The predicted octanol–water partition coefficient (Wildman–Crippen LogP) is 2.07. The first-order valence-electron chi connectivity index (χ1n) is 3.79. The lowest BCUT2D eigenvalue weighted by Gasteiger charge is -2.25. The molecule has 3 nitrogen and oxygen atoms in total. The van der Waals surface area contributed by atoms with E-state index in [9.17, 15) is 9.90 Å². The summed E-state index contributed by atoms with van der Waals surface area (Å²) in [5.74, 6) is -1.30. The fourth-order valence-corrected chi connectivity index (χ4v) is 1.96. The van der Waals surface area contributed by atoms with Gasteiger partial charge >= 0.3 is 5.97 Å². The Morgan fingerprint density at radius 3 is 2.14 bits per heavy atom. The Morgan fingerprint density at radius 1 is 1.29 bits per heavy atom. The zero-order valence-corrected chi connectivity index (χ0v) is 10.2. The van der Waals surface area contributed by atoms with Gasteiger partial charge in [0.1, 0.15) is 3.74 Å². The fraction of sp³-hybridized carbons (Fsp3) is 0.222. The van der Waals surface area contributed by atoms with Crippen LogP contribution in [0.5, 0.6) is 0 Å². The molecule has 14 heavy (non-hydrogen) atoms. The molecule has 0 aliphatic rings. The highest BCUT2D eigenvalue weighted by Gasteiger charge is 2.43. The molecule has 0 fully saturated rings. The van der Waals surface area contributed by atoms with Gasteiger partial charge in [-0.3, -0.25) is 0 Å². The summed E-state index contributed by atoms with van der Waals surface area (Å²) in [7, 11) is 0. The van der Waals surface area contributed by atoms with Gasteiger partial charge in [0.05, 0.1) is 0 Å². The molecule has 1 aromatic rings. The van der Waals surface area contributed by atoms with Gasteiger partial charge < -0.3 is 10.2 Å². The van der Waals surface area contributed by atoms with Crippen LogP contribution in [0.1, 0.15) is 5.56 Å². The fourth-order valence-electron chi connectivity index (χ4n) is 1.04. The molecular weight excluding hydrogens is 316 g/mol. The van der Waals surface area contributed by atoms with Gasteiger partial charge in [-0.25, -0.2) is 4.79 Å². The summed E-state index contributed by atoms with van der Waals surface area (Å²) in [6, 6.07) is 8.22. The van der Waals surface area contributed by atoms with Crippen LogP contribution in [0.4, 0.5) is 0 Å². The molecule has 0 bridgehead atoms. The van der Waals surface area contributed by atoms with Crippen molar-refractivity contribution in [3.8, 4) is 0 Å². The van der Waals surface area contributed by atoms with Crippen LogP contribution in [0, 0.1) is 0 Å². The highest BCUT2D eigenvalue weighted by Crippen LogP contribution is 2.33. The van der Waals surface area contributed by atoms with Crippen molar-refractivity contribution in [2.45, 2.75) is 9.34 Å². The predicted molar refractivity (Wildman–Crippen MR) is 59.6 cm³/mol. The van der Waals surface area contributed by atoms with Crippen LogP contribution in [-0.2, 0) is 10.4 Å². The molecule has 2 N–H and O–H groups in total. The lowest BCUT2D eigenvalue weighted by Crippen LogP contribution is -2.41. The molecule has 0 aromatic heterocycles. The molecule has 0 aliphatic carbocycles. The van der Waals surface area contributed by atoms with Crippen molar-refractivity contribution in [3.05, 3.63) is 35.9 Å². The standard InChI is InChI=1S/C9H8Br2O3/c10-7(11)9(14,8(12)13)6-4-2-1-3-5-6/h1-5,7,14H,(H,12,13). The second-order valence-electron chi connectivity index (χ2n) is 2.74. The van der Waals surface area contributed by atoms with Crippen molar-refractivity contribution in [2.75, 3.05) is 0 Å². The van der Waals surface area contributed by atoms with Crippen molar-refractivity contribution < 1.29 is 15.0 Å². The monoisotopic (exact) mass is 322 g/mol. The van der Waals surface area contributed by atoms with Crippen LogP contribution < -0.4 is 0 Å². The molecule has 0 heterocycles. The van der Waals surface area contributed by atoms with Crippen molar-refractivity contribution in [2.24, 2.45) is 0 Å². The first-order chi connectivity index (χ1) is 6.49. The van der Waals surface area contributed by atoms with Crippen LogP contribution in [0.3, 0.4) is 0 Å². The largest absolute Gasteiger partial charge is 0.479 e. The van der Waals surface area contributed by atoms with Gasteiger partial charge in [-0.1, -0.05) is 62.2 Å². The van der Waals surface area contributed by atoms with Gasteiger partial charge in [0.25, 0.3) is 0 Å². The lowest BCUT2D eigenvalue weighted by molar-refractivity contribution is -0.157. The maximum absolute atomic E-state index is 11.0. The molecule has 0 amide bonds. The van der Waals surface area contributed by atoms with Gasteiger partial charge in [-0.15, -0.1) is 0 Å². The summed E-state index contributed by atoms with van der Waals surface area (Å²) in [5, 5.41) is 18.9. The van der Waals surface area contributed by atoms with Crippen LogP contribution in [-0.4, -0.2) is 19.9 Å². The molecule has 0 radical (unpaired) electrons. The minimum absolute atomic E-state index is 0.325. The number of benzene rings is 1. The number of alkyl halides is 2. The number of aliphatic hydroxyl groups is 1. The number of carboxylic acid groups (broad SMARTS) is 1. The van der Waals surface area contributed by atoms with E-state index in [0.717, 1.165) is 0 Å². The zero-order chi connectivity index (χ0) is 10.8. The SMILES string of the molecule is O=C(O)C(O)(c1ccccc1)C(Br)Br. The van der Waals surface area contributed by atoms with Crippen molar-refractivity contribution >= 4 is 37.8 Å². The Morgan fingerprint density at radius 2 is 1.79 bits per heavy atom. The Hall–Kier alpha value is -0.390. The van der Waals surface area contributed by atoms with E-state index in [2.05, 4.69) is 31.9 Å². The number of hydrogen-bond donors (Lipinski definition) is 2. The summed E-state index contributed by atoms with van der Waals surface area (Å²) < 4.78 is -0.748. The summed E-state index contributed by atoms with van der Waals surface area (Å²) in [4.78, 5) is 11.0. The van der Waals surface area contributed by atoms with E-state index >= 15 is 0 Å². The maximum atomic E-state index is 11.0. The van der Waals surface area contributed by atoms with E-state index < -0.39 is 15.3 Å². The third kappa shape index (κ3) is 1.99. The topological polar surface area (TPSA) is 57.5 Å².